The molecule has 0 radical (unpaired) electrons. The molecule has 1 saturated carbocycles. The molecule has 0 spiro atoms. The van der Waals surface area contributed by atoms with E-state index in [0.717, 1.165) is 29.4 Å². The quantitative estimate of drug-likeness (QED) is 0.575. The molecule has 2 aromatic carbocycles. The SMILES string of the molecule is Cc1cc([C@H](C2CC2)N2CCc3c(B4OC(C)(C)C(C)(C)O4)cc(Cl)cc3C2=O)ccc1F. The lowest BCUT2D eigenvalue weighted by molar-refractivity contribution is 0.00578. The molecule has 1 aliphatic carbocycles. The molecule has 0 N–H and O–H groups in total. The second-order valence-corrected chi connectivity index (χ2v) is 11.1. The van der Waals surface area contributed by atoms with Gasteiger partial charge in [-0.25, -0.2) is 4.39 Å². The van der Waals surface area contributed by atoms with E-state index in [4.69, 9.17) is 20.9 Å². The summed E-state index contributed by atoms with van der Waals surface area (Å²) in [4.78, 5) is 15.8. The minimum absolute atomic E-state index is 0.0320. The summed E-state index contributed by atoms with van der Waals surface area (Å²) in [5.41, 5.74) is 3.05. The first kappa shape index (κ1) is 22.9. The molecule has 1 saturated heterocycles. The number of carbonyl (C=O) groups is 1. The Kier molecular flexibility index (Phi) is 5.43. The van der Waals surface area contributed by atoms with Crippen LogP contribution >= 0.6 is 11.6 Å². The molecule has 1 atom stereocenters. The van der Waals surface area contributed by atoms with Crippen molar-refractivity contribution in [2.24, 2.45) is 5.92 Å². The van der Waals surface area contributed by atoms with Gasteiger partial charge in [0.25, 0.3) is 5.91 Å². The van der Waals surface area contributed by atoms with Gasteiger partial charge in [-0.2, -0.15) is 0 Å². The highest BCUT2D eigenvalue weighted by molar-refractivity contribution is 6.63. The van der Waals surface area contributed by atoms with E-state index in [1.807, 2.05) is 50.8 Å². The molecule has 33 heavy (non-hydrogen) atoms. The number of nitrogens with zero attached hydrogens (tertiary/aromatic N) is 1. The van der Waals surface area contributed by atoms with E-state index < -0.39 is 18.3 Å². The Labute approximate surface area is 200 Å². The molecule has 174 valence electrons. The van der Waals surface area contributed by atoms with Crippen molar-refractivity contribution < 1.29 is 18.5 Å². The second kappa shape index (κ2) is 7.83. The first-order chi connectivity index (χ1) is 15.5. The topological polar surface area (TPSA) is 38.8 Å². The summed E-state index contributed by atoms with van der Waals surface area (Å²) in [5, 5.41) is 0.495. The number of benzene rings is 2. The van der Waals surface area contributed by atoms with Gasteiger partial charge >= 0.3 is 7.12 Å². The van der Waals surface area contributed by atoms with Crippen molar-refractivity contribution in [3.05, 3.63) is 63.4 Å². The Balaban J connectivity index is 1.51. The van der Waals surface area contributed by atoms with Crippen LogP contribution in [-0.2, 0) is 15.7 Å². The molecule has 1 amide bonds. The molecular weight excluding hydrogens is 440 g/mol. The van der Waals surface area contributed by atoms with Crippen molar-refractivity contribution in [1.29, 1.82) is 0 Å². The van der Waals surface area contributed by atoms with Crippen molar-refractivity contribution in [3.8, 4) is 0 Å². The van der Waals surface area contributed by atoms with Crippen LogP contribution in [0.25, 0.3) is 0 Å². The molecule has 2 heterocycles. The van der Waals surface area contributed by atoms with E-state index in [9.17, 15) is 9.18 Å². The van der Waals surface area contributed by atoms with E-state index in [1.165, 1.54) is 6.07 Å². The van der Waals surface area contributed by atoms with Crippen LogP contribution < -0.4 is 5.46 Å². The van der Waals surface area contributed by atoms with Gasteiger partial charge in [-0.3, -0.25) is 4.79 Å². The molecule has 5 rings (SSSR count). The van der Waals surface area contributed by atoms with Crippen LogP contribution in [0.5, 0.6) is 0 Å². The van der Waals surface area contributed by atoms with Crippen LogP contribution in [0.1, 0.15) is 73.6 Å². The van der Waals surface area contributed by atoms with Gasteiger partial charge in [0.1, 0.15) is 5.82 Å². The van der Waals surface area contributed by atoms with Crippen LogP contribution in [-0.4, -0.2) is 35.7 Å². The standard InChI is InChI=1S/C26H30BClFNO3/c1-15-12-17(8-9-22(15)29)23(16-6-7-16)30-11-10-19-20(24(30)31)13-18(28)14-21(19)27-32-25(2,3)26(4,5)33-27/h8-9,12-14,16,23H,6-7,10-11H2,1-5H3/t23-/m0/s1. The largest absolute Gasteiger partial charge is 0.495 e. The molecule has 0 bridgehead atoms. The van der Waals surface area contributed by atoms with Gasteiger partial charge in [-0.05, 0) is 100 Å². The lowest BCUT2D eigenvalue weighted by Gasteiger charge is -2.37. The third kappa shape index (κ3) is 3.90. The van der Waals surface area contributed by atoms with Crippen molar-refractivity contribution in [3.63, 3.8) is 0 Å². The number of hydrogen-bond donors (Lipinski definition) is 0. The Morgan fingerprint density at radius 1 is 1.12 bits per heavy atom. The van der Waals surface area contributed by atoms with Gasteiger partial charge in [0, 0.05) is 17.1 Å². The van der Waals surface area contributed by atoms with E-state index >= 15 is 0 Å². The number of hydrogen-bond acceptors (Lipinski definition) is 3. The molecule has 2 aromatic rings. The predicted octanol–water partition coefficient (Wildman–Crippen LogP) is 5.24. The first-order valence-electron chi connectivity index (χ1n) is 11.7. The average Bonchev–Trinajstić information content (AvgIpc) is 3.53. The van der Waals surface area contributed by atoms with Gasteiger partial charge in [0.05, 0.1) is 17.2 Å². The number of amides is 1. The fraction of sp³-hybridized carbons (Fsp3) is 0.500. The van der Waals surface area contributed by atoms with Gasteiger partial charge in [0.15, 0.2) is 0 Å². The lowest BCUT2D eigenvalue weighted by atomic mass is 9.73. The summed E-state index contributed by atoms with van der Waals surface area (Å²) >= 11 is 6.50. The van der Waals surface area contributed by atoms with E-state index in [2.05, 4.69) is 0 Å². The van der Waals surface area contributed by atoms with Crippen LogP contribution in [0.4, 0.5) is 4.39 Å². The Bertz CT molecular complexity index is 1110. The van der Waals surface area contributed by atoms with Crippen LogP contribution in [0.2, 0.25) is 5.02 Å². The van der Waals surface area contributed by atoms with Gasteiger partial charge in [0.2, 0.25) is 0 Å². The van der Waals surface area contributed by atoms with Crippen LogP contribution in [0.3, 0.4) is 0 Å². The highest BCUT2D eigenvalue weighted by atomic mass is 35.5. The van der Waals surface area contributed by atoms with E-state index in [1.54, 1.807) is 13.0 Å². The monoisotopic (exact) mass is 469 g/mol. The Morgan fingerprint density at radius 2 is 1.79 bits per heavy atom. The summed E-state index contributed by atoms with van der Waals surface area (Å²) < 4.78 is 26.5. The van der Waals surface area contributed by atoms with Crippen molar-refractivity contribution >= 4 is 30.1 Å². The van der Waals surface area contributed by atoms with Crippen molar-refractivity contribution in [2.75, 3.05) is 6.54 Å². The molecule has 0 aromatic heterocycles. The summed E-state index contributed by atoms with van der Waals surface area (Å²) in [5.74, 6) is 0.153. The lowest BCUT2D eigenvalue weighted by Crippen LogP contribution is -2.46. The van der Waals surface area contributed by atoms with E-state index in [0.29, 0.717) is 35.0 Å². The summed E-state index contributed by atoms with van der Waals surface area (Å²) in [6, 6.07) is 8.80. The molecule has 3 aliphatic rings. The van der Waals surface area contributed by atoms with Crippen LogP contribution in [0, 0.1) is 18.7 Å². The second-order valence-electron chi connectivity index (χ2n) is 10.6. The Hall–Kier alpha value is -1.89. The van der Waals surface area contributed by atoms with Crippen molar-refractivity contribution in [1.82, 2.24) is 4.90 Å². The maximum Gasteiger partial charge on any atom is 0.495 e. The minimum atomic E-state index is -0.569. The number of carbonyl (C=O) groups excluding carboxylic acids is 1. The van der Waals surface area contributed by atoms with Gasteiger partial charge < -0.3 is 14.2 Å². The predicted molar refractivity (Wildman–Crippen MR) is 129 cm³/mol. The first-order valence-corrected chi connectivity index (χ1v) is 12.1. The van der Waals surface area contributed by atoms with Gasteiger partial charge in [-0.15, -0.1) is 0 Å². The zero-order chi connectivity index (χ0) is 23.7. The average molecular weight is 470 g/mol. The zero-order valence-electron chi connectivity index (χ0n) is 19.9. The molecule has 7 heteroatoms. The summed E-state index contributed by atoms with van der Waals surface area (Å²) in [6.07, 6.45) is 2.85. The smallest absolute Gasteiger partial charge is 0.399 e. The molecule has 2 aliphatic heterocycles. The molecule has 0 unspecified atom stereocenters. The number of fused-ring (bicyclic) bond motifs is 1. The third-order valence-corrected chi connectivity index (χ3v) is 8.00. The Morgan fingerprint density at radius 3 is 2.39 bits per heavy atom. The summed E-state index contributed by atoms with van der Waals surface area (Å²) in [6.45, 7) is 10.4. The summed E-state index contributed by atoms with van der Waals surface area (Å²) in [7, 11) is -0.569. The number of aryl methyl sites for hydroxylation is 1. The maximum atomic E-state index is 13.9. The van der Waals surface area contributed by atoms with Crippen molar-refractivity contribution in [2.45, 2.75) is 71.1 Å². The third-order valence-electron chi connectivity index (χ3n) is 7.78. The normalized spacial score (nSPS) is 22.5. The fourth-order valence-corrected chi connectivity index (χ4v) is 5.26. The van der Waals surface area contributed by atoms with Gasteiger partial charge in [-0.1, -0.05) is 23.7 Å². The van der Waals surface area contributed by atoms with E-state index in [-0.39, 0.29) is 17.8 Å². The zero-order valence-corrected chi connectivity index (χ0v) is 20.6. The number of rotatable bonds is 4. The maximum absolute atomic E-state index is 13.9. The highest BCUT2D eigenvalue weighted by Crippen LogP contribution is 2.46. The number of halogens is 2. The highest BCUT2D eigenvalue weighted by Gasteiger charge is 2.53. The van der Waals surface area contributed by atoms with Crippen LogP contribution in [0.15, 0.2) is 30.3 Å². The minimum Gasteiger partial charge on any atom is -0.399 e. The molecule has 4 nitrogen and oxygen atoms in total. The molecule has 2 fully saturated rings. The fourth-order valence-electron chi connectivity index (χ4n) is 5.03. The molecular formula is C26H30BClFNO3.